The standard InChI is InChI=1S/C15H21BrO/c1-5-17-13-7-6-10(2)8-11(13)14(16)12-9-15(12,3)4/h6-8,12,14H,5,9H2,1-4H3. The Morgan fingerprint density at radius 3 is 2.65 bits per heavy atom. The Kier molecular flexibility index (Phi) is 3.53. The summed E-state index contributed by atoms with van der Waals surface area (Å²) in [6.07, 6.45) is 1.29. The van der Waals surface area contributed by atoms with Crippen LogP contribution in [-0.2, 0) is 0 Å². The van der Waals surface area contributed by atoms with Gasteiger partial charge in [-0.3, -0.25) is 0 Å². The predicted molar refractivity (Wildman–Crippen MR) is 75.9 cm³/mol. The van der Waals surface area contributed by atoms with Gasteiger partial charge in [0.25, 0.3) is 0 Å². The third-order valence-electron chi connectivity index (χ3n) is 3.71. The van der Waals surface area contributed by atoms with Crippen molar-refractivity contribution >= 4 is 15.9 Å². The molecule has 0 aromatic heterocycles. The van der Waals surface area contributed by atoms with E-state index in [0.29, 0.717) is 10.2 Å². The van der Waals surface area contributed by atoms with E-state index in [1.54, 1.807) is 0 Å². The fourth-order valence-electron chi connectivity index (χ4n) is 2.39. The van der Waals surface area contributed by atoms with Gasteiger partial charge in [-0.05, 0) is 37.7 Å². The van der Waals surface area contributed by atoms with E-state index in [4.69, 9.17) is 4.74 Å². The van der Waals surface area contributed by atoms with Gasteiger partial charge in [-0.25, -0.2) is 0 Å². The summed E-state index contributed by atoms with van der Waals surface area (Å²) in [4.78, 5) is 0.416. The molecule has 0 bridgehead atoms. The van der Waals surface area contributed by atoms with E-state index in [9.17, 15) is 0 Å². The molecule has 0 amide bonds. The number of alkyl halides is 1. The molecule has 0 heterocycles. The topological polar surface area (TPSA) is 9.23 Å². The van der Waals surface area contributed by atoms with Crippen LogP contribution in [0.4, 0.5) is 0 Å². The Morgan fingerprint density at radius 2 is 2.12 bits per heavy atom. The molecule has 0 radical (unpaired) electrons. The molecule has 0 saturated heterocycles. The van der Waals surface area contributed by atoms with Crippen LogP contribution in [0, 0.1) is 18.3 Å². The van der Waals surface area contributed by atoms with Gasteiger partial charge in [0.05, 0.1) is 6.61 Å². The fourth-order valence-corrected chi connectivity index (χ4v) is 3.65. The molecule has 1 saturated carbocycles. The van der Waals surface area contributed by atoms with Crippen molar-refractivity contribution in [3.63, 3.8) is 0 Å². The van der Waals surface area contributed by atoms with Crippen molar-refractivity contribution in [2.24, 2.45) is 11.3 Å². The van der Waals surface area contributed by atoms with Gasteiger partial charge in [0, 0.05) is 10.4 Å². The number of aryl methyl sites for hydroxylation is 1. The maximum atomic E-state index is 5.73. The zero-order chi connectivity index (χ0) is 12.6. The lowest BCUT2D eigenvalue weighted by molar-refractivity contribution is 0.335. The second kappa shape index (κ2) is 4.64. The first-order chi connectivity index (χ1) is 7.95. The van der Waals surface area contributed by atoms with Gasteiger partial charge in [-0.1, -0.05) is 47.5 Å². The summed E-state index contributed by atoms with van der Waals surface area (Å²) < 4.78 is 5.73. The molecule has 2 atom stereocenters. The van der Waals surface area contributed by atoms with Crippen LogP contribution in [-0.4, -0.2) is 6.61 Å². The van der Waals surface area contributed by atoms with E-state index in [1.165, 1.54) is 17.5 Å². The largest absolute Gasteiger partial charge is 0.494 e. The molecule has 1 nitrogen and oxygen atoms in total. The van der Waals surface area contributed by atoms with Gasteiger partial charge in [0.1, 0.15) is 5.75 Å². The lowest BCUT2D eigenvalue weighted by Crippen LogP contribution is -2.03. The molecule has 2 heteroatoms. The van der Waals surface area contributed by atoms with E-state index < -0.39 is 0 Å². The molecule has 2 rings (SSSR count). The number of hydrogen-bond donors (Lipinski definition) is 0. The van der Waals surface area contributed by atoms with Crippen molar-refractivity contribution in [1.82, 2.24) is 0 Å². The number of halogens is 1. The molecule has 0 spiro atoms. The molecule has 0 N–H and O–H groups in total. The Hall–Kier alpha value is -0.500. The average molecular weight is 297 g/mol. The van der Waals surface area contributed by atoms with E-state index in [1.807, 2.05) is 6.92 Å². The summed E-state index contributed by atoms with van der Waals surface area (Å²) in [5.74, 6) is 1.76. The van der Waals surface area contributed by atoms with Crippen LogP contribution in [0.15, 0.2) is 18.2 Å². The molecule has 2 unspecified atom stereocenters. The zero-order valence-corrected chi connectivity index (χ0v) is 12.7. The van der Waals surface area contributed by atoms with Crippen LogP contribution in [0.25, 0.3) is 0 Å². The summed E-state index contributed by atoms with van der Waals surface area (Å²) in [5.41, 5.74) is 3.08. The van der Waals surface area contributed by atoms with Crippen molar-refractivity contribution in [2.75, 3.05) is 6.61 Å². The van der Waals surface area contributed by atoms with Gasteiger partial charge in [0.2, 0.25) is 0 Å². The Balaban J connectivity index is 2.26. The molecule has 1 fully saturated rings. The molecular weight excluding hydrogens is 276 g/mol. The minimum atomic E-state index is 0.416. The minimum absolute atomic E-state index is 0.416. The highest BCUT2D eigenvalue weighted by molar-refractivity contribution is 9.09. The van der Waals surface area contributed by atoms with Crippen molar-refractivity contribution in [1.29, 1.82) is 0 Å². The van der Waals surface area contributed by atoms with Crippen LogP contribution in [0.5, 0.6) is 5.75 Å². The Morgan fingerprint density at radius 1 is 1.47 bits per heavy atom. The van der Waals surface area contributed by atoms with E-state index in [0.717, 1.165) is 18.3 Å². The maximum absolute atomic E-state index is 5.73. The highest BCUT2D eigenvalue weighted by atomic mass is 79.9. The molecule has 1 aromatic rings. The smallest absolute Gasteiger partial charge is 0.123 e. The summed E-state index contributed by atoms with van der Waals surface area (Å²) in [6.45, 7) is 9.57. The number of rotatable bonds is 4. The Bertz CT molecular complexity index is 411. The zero-order valence-electron chi connectivity index (χ0n) is 11.1. The van der Waals surface area contributed by atoms with Crippen LogP contribution >= 0.6 is 15.9 Å². The van der Waals surface area contributed by atoms with Crippen LogP contribution in [0.2, 0.25) is 0 Å². The number of ether oxygens (including phenoxy) is 1. The van der Waals surface area contributed by atoms with Crippen molar-refractivity contribution < 1.29 is 4.74 Å². The molecule has 0 aliphatic heterocycles. The molecule has 94 valence electrons. The van der Waals surface area contributed by atoms with Crippen molar-refractivity contribution in [3.8, 4) is 5.75 Å². The van der Waals surface area contributed by atoms with E-state index >= 15 is 0 Å². The summed E-state index contributed by atoms with van der Waals surface area (Å²) >= 11 is 3.86. The first kappa shape index (κ1) is 12.9. The van der Waals surface area contributed by atoms with Crippen LogP contribution in [0.3, 0.4) is 0 Å². The third-order valence-corrected chi connectivity index (χ3v) is 4.84. The average Bonchev–Trinajstić information content (AvgIpc) is 2.90. The molecule has 1 aliphatic carbocycles. The lowest BCUT2D eigenvalue weighted by Gasteiger charge is -2.17. The molecular formula is C15H21BrO. The normalized spacial score (nSPS) is 23.2. The minimum Gasteiger partial charge on any atom is -0.494 e. The van der Waals surface area contributed by atoms with Gasteiger partial charge in [-0.15, -0.1) is 0 Å². The predicted octanol–water partition coefficient (Wildman–Crippen LogP) is 4.88. The van der Waals surface area contributed by atoms with Gasteiger partial charge in [-0.2, -0.15) is 0 Å². The monoisotopic (exact) mass is 296 g/mol. The lowest BCUT2D eigenvalue weighted by atomic mass is 10.0. The number of benzene rings is 1. The molecule has 1 aromatic carbocycles. The maximum Gasteiger partial charge on any atom is 0.123 e. The van der Waals surface area contributed by atoms with Crippen LogP contribution in [0.1, 0.15) is 43.1 Å². The number of hydrogen-bond acceptors (Lipinski definition) is 1. The summed E-state index contributed by atoms with van der Waals surface area (Å²) in [5, 5.41) is 0. The summed E-state index contributed by atoms with van der Waals surface area (Å²) in [7, 11) is 0. The fraction of sp³-hybridized carbons (Fsp3) is 0.600. The SMILES string of the molecule is CCOc1ccc(C)cc1C(Br)C1CC1(C)C. The van der Waals surface area contributed by atoms with Gasteiger partial charge in [0.15, 0.2) is 0 Å². The quantitative estimate of drug-likeness (QED) is 0.720. The molecule has 1 aliphatic rings. The first-order valence-electron chi connectivity index (χ1n) is 6.33. The highest BCUT2D eigenvalue weighted by Crippen LogP contribution is 2.61. The third kappa shape index (κ3) is 2.67. The van der Waals surface area contributed by atoms with Gasteiger partial charge < -0.3 is 4.74 Å². The van der Waals surface area contributed by atoms with Gasteiger partial charge >= 0.3 is 0 Å². The van der Waals surface area contributed by atoms with E-state index in [2.05, 4.69) is 54.9 Å². The second-order valence-electron chi connectivity index (χ2n) is 5.68. The second-order valence-corrected chi connectivity index (χ2v) is 6.66. The first-order valence-corrected chi connectivity index (χ1v) is 7.24. The van der Waals surface area contributed by atoms with Crippen LogP contribution < -0.4 is 4.74 Å². The van der Waals surface area contributed by atoms with Crippen molar-refractivity contribution in [3.05, 3.63) is 29.3 Å². The molecule has 17 heavy (non-hydrogen) atoms. The van der Waals surface area contributed by atoms with Crippen molar-refractivity contribution in [2.45, 2.75) is 38.9 Å². The highest BCUT2D eigenvalue weighted by Gasteiger charge is 2.50. The summed E-state index contributed by atoms with van der Waals surface area (Å²) in [6, 6.07) is 6.46. The Labute approximate surface area is 113 Å². The van der Waals surface area contributed by atoms with E-state index in [-0.39, 0.29) is 0 Å².